The molecule has 1 aromatic rings. The topological polar surface area (TPSA) is 73.9 Å². The SMILES string of the molecule is C=CCOc1cc(Cl)c(Cl)cc1C(N[S+]([O-])C(C)(C)C)[C@@H]1CCCN(C(=O)OC(C)(C)C)C1. The lowest BCUT2D eigenvalue weighted by atomic mass is 9.86. The number of piperidine rings is 1. The van der Waals surface area contributed by atoms with Gasteiger partial charge in [-0.05, 0) is 60.5 Å². The molecule has 0 bridgehead atoms. The van der Waals surface area contributed by atoms with Crippen molar-refractivity contribution < 1.29 is 18.8 Å². The Morgan fingerprint density at radius 3 is 2.52 bits per heavy atom. The van der Waals surface area contributed by atoms with Gasteiger partial charge >= 0.3 is 6.09 Å². The fourth-order valence-corrected chi connectivity index (χ4v) is 4.77. The van der Waals surface area contributed by atoms with Gasteiger partial charge in [-0.2, -0.15) is 0 Å². The average molecular weight is 520 g/mol. The quantitative estimate of drug-likeness (QED) is 0.338. The van der Waals surface area contributed by atoms with Gasteiger partial charge in [0.05, 0.1) is 16.1 Å². The third kappa shape index (κ3) is 8.25. The molecule has 2 unspecified atom stereocenters. The van der Waals surface area contributed by atoms with E-state index in [1.54, 1.807) is 23.1 Å². The van der Waals surface area contributed by atoms with Crippen molar-refractivity contribution in [2.75, 3.05) is 19.7 Å². The predicted octanol–water partition coefficient (Wildman–Crippen LogP) is 6.30. The molecule has 0 spiro atoms. The summed E-state index contributed by atoms with van der Waals surface area (Å²) in [7, 11) is 0. The van der Waals surface area contributed by atoms with Gasteiger partial charge in [-0.15, -0.1) is 4.72 Å². The number of halogens is 2. The molecule has 1 aliphatic heterocycles. The summed E-state index contributed by atoms with van der Waals surface area (Å²) in [6.45, 7) is 16.3. The van der Waals surface area contributed by atoms with E-state index >= 15 is 0 Å². The Balaban J connectivity index is 2.44. The second kappa shape index (κ2) is 11.5. The van der Waals surface area contributed by atoms with E-state index in [0.717, 1.165) is 18.4 Å². The Morgan fingerprint density at radius 1 is 1.30 bits per heavy atom. The van der Waals surface area contributed by atoms with Crippen LogP contribution in [0, 0.1) is 5.92 Å². The van der Waals surface area contributed by atoms with Gasteiger partial charge in [-0.3, -0.25) is 0 Å². The third-order valence-electron chi connectivity index (χ3n) is 5.12. The van der Waals surface area contributed by atoms with Crippen molar-refractivity contribution in [3.8, 4) is 5.75 Å². The minimum Gasteiger partial charge on any atom is -0.598 e. The van der Waals surface area contributed by atoms with E-state index in [9.17, 15) is 9.35 Å². The van der Waals surface area contributed by atoms with Gasteiger partial charge in [-0.1, -0.05) is 35.9 Å². The standard InChI is InChI=1S/C24H36Cl2N2O4S/c1-8-12-31-20-14-19(26)18(25)13-17(20)21(27-33(30)24(5,6)7)16-10-9-11-28(15-16)22(29)32-23(2,3)4/h8,13-14,16,21,27H,1,9-12,15H2,2-7H3/t16-,21?,33?/m1/s1. The molecule has 2 rings (SSSR count). The fraction of sp³-hybridized carbons (Fsp3) is 0.625. The minimum absolute atomic E-state index is 0.0408. The molecule has 9 heteroatoms. The van der Waals surface area contributed by atoms with Gasteiger partial charge in [0.15, 0.2) is 0 Å². The summed E-state index contributed by atoms with van der Waals surface area (Å²) >= 11 is 11.3. The van der Waals surface area contributed by atoms with Gasteiger partial charge in [0.25, 0.3) is 0 Å². The monoisotopic (exact) mass is 518 g/mol. The Kier molecular flexibility index (Phi) is 9.83. The Bertz CT molecular complexity index is 839. The molecule has 0 aromatic heterocycles. The van der Waals surface area contributed by atoms with Gasteiger partial charge in [0.1, 0.15) is 22.7 Å². The summed E-state index contributed by atoms with van der Waals surface area (Å²) in [6.07, 6.45) is 2.93. The number of nitrogens with one attached hydrogen (secondary N) is 1. The Labute approximate surface area is 211 Å². The smallest absolute Gasteiger partial charge is 0.410 e. The van der Waals surface area contributed by atoms with Crippen LogP contribution in [0.5, 0.6) is 5.75 Å². The molecular weight excluding hydrogens is 483 g/mol. The molecule has 1 amide bonds. The normalized spacial score (nSPS) is 19.1. The molecule has 0 aliphatic carbocycles. The van der Waals surface area contributed by atoms with Crippen LogP contribution in [0.3, 0.4) is 0 Å². The highest BCUT2D eigenvalue weighted by Crippen LogP contribution is 2.40. The number of carbonyl (C=O) groups excluding carboxylic acids is 1. The van der Waals surface area contributed by atoms with Crippen LogP contribution in [0.15, 0.2) is 24.8 Å². The zero-order chi connectivity index (χ0) is 25.0. The first-order valence-electron chi connectivity index (χ1n) is 11.1. The maximum atomic E-state index is 13.1. The van der Waals surface area contributed by atoms with Gasteiger partial charge in [-0.25, -0.2) is 4.79 Å². The van der Waals surface area contributed by atoms with Gasteiger partial charge in [0.2, 0.25) is 0 Å². The number of carbonyl (C=O) groups is 1. The lowest BCUT2D eigenvalue weighted by Crippen LogP contribution is -2.49. The zero-order valence-corrected chi connectivity index (χ0v) is 22.7. The van der Waals surface area contributed by atoms with Crippen LogP contribution < -0.4 is 9.46 Å². The van der Waals surface area contributed by atoms with Crippen molar-refractivity contribution in [2.45, 2.75) is 70.8 Å². The number of likely N-dealkylation sites (tertiary alicyclic amines) is 1. The highest BCUT2D eigenvalue weighted by molar-refractivity contribution is 7.90. The molecule has 33 heavy (non-hydrogen) atoms. The van der Waals surface area contributed by atoms with E-state index in [-0.39, 0.29) is 24.7 Å². The number of amides is 1. The first kappa shape index (κ1) is 28.1. The lowest BCUT2D eigenvalue weighted by Gasteiger charge is -2.39. The number of hydrogen-bond donors (Lipinski definition) is 1. The molecule has 0 radical (unpaired) electrons. The number of ether oxygens (including phenoxy) is 2. The van der Waals surface area contributed by atoms with Crippen LogP contribution in [0.4, 0.5) is 4.79 Å². The predicted molar refractivity (Wildman–Crippen MR) is 136 cm³/mol. The van der Waals surface area contributed by atoms with Crippen molar-refractivity contribution in [1.82, 2.24) is 9.62 Å². The maximum absolute atomic E-state index is 13.1. The van der Waals surface area contributed by atoms with Crippen LogP contribution in [-0.2, 0) is 16.1 Å². The van der Waals surface area contributed by atoms with E-state index in [0.29, 0.717) is 28.9 Å². The van der Waals surface area contributed by atoms with Crippen molar-refractivity contribution in [3.05, 3.63) is 40.4 Å². The third-order valence-corrected chi connectivity index (χ3v) is 7.42. The maximum Gasteiger partial charge on any atom is 0.410 e. The van der Waals surface area contributed by atoms with Crippen LogP contribution in [0.25, 0.3) is 0 Å². The molecule has 1 N–H and O–H groups in total. The van der Waals surface area contributed by atoms with E-state index in [1.165, 1.54) is 0 Å². The summed E-state index contributed by atoms with van der Waals surface area (Å²) in [5.74, 6) is 0.503. The second-order valence-corrected chi connectivity index (χ2v) is 13.0. The van der Waals surface area contributed by atoms with Crippen LogP contribution >= 0.6 is 23.2 Å². The molecule has 1 heterocycles. The summed E-state index contributed by atoms with van der Waals surface area (Å²) < 4.78 is 27.4. The molecule has 1 aliphatic rings. The molecule has 3 atom stereocenters. The number of rotatable bonds is 7. The first-order chi connectivity index (χ1) is 15.2. The summed E-state index contributed by atoms with van der Waals surface area (Å²) in [4.78, 5) is 14.5. The minimum atomic E-state index is -1.37. The summed E-state index contributed by atoms with van der Waals surface area (Å²) in [6, 6.07) is 3.04. The number of nitrogens with zero attached hydrogens (tertiary/aromatic N) is 1. The van der Waals surface area contributed by atoms with E-state index in [4.69, 9.17) is 32.7 Å². The number of benzene rings is 1. The molecular formula is C24H36Cl2N2O4S. The van der Waals surface area contributed by atoms with Crippen molar-refractivity contribution in [2.24, 2.45) is 5.92 Å². The molecule has 1 aromatic carbocycles. The molecule has 1 fully saturated rings. The lowest BCUT2D eigenvalue weighted by molar-refractivity contribution is 0.0148. The van der Waals surface area contributed by atoms with Gasteiger partial charge in [0, 0.05) is 42.0 Å². The van der Waals surface area contributed by atoms with Crippen molar-refractivity contribution in [3.63, 3.8) is 0 Å². The second-order valence-electron chi connectivity index (χ2n) is 10.2. The molecule has 0 saturated carbocycles. The Morgan fingerprint density at radius 2 is 1.94 bits per heavy atom. The Hall–Kier alpha value is -1.12. The molecule has 6 nitrogen and oxygen atoms in total. The summed E-state index contributed by atoms with van der Waals surface area (Å²) in [5.41, 5.74) is 0.171. The van der Waals surface area contributed by atoms with Crippen molar-refractivity contribution in [1.29, 1.82) is 0 Å². The number of hydrogen-bond acceptors (Lipinski definition) is 5. The molecule has 1 saturated heterocycles. The zero-order valence-electron chi connectivity index (χ0n) is 20.4. The van der Waals surface area contributed by atoms with E-state index in [1.807, 2.05) is 41.5 Å². The molecule has 186 valence electrons. The van der Waals surface area contributed by atoms with E-state index < -0.39 is 21.7 Å². The van der Waals surface area contributed by atoms with Crippen LogP contribution in [0.2, 0.25) is 10.0 Å². The largest absolute Gasteiger partial charge is 0.598 e. The van der Waals surface area contributed by atoms with E-state index in [2.05, 4.69) is 11.3 Å². The first-order valence-corrected chi connectivity index (χ1v) is 13.0. The average Bonchev–Trinajstić information content (AvgIpc) is 2.70. The van der Waals surface area contributed by atoms with Crippen LogP contribution in [-0.4, -0.2) is 45.6 Å². The highest BCUT2D eigenvalue weighted by atomic mass is 35.5. The fourth-order valence-electron chi connectivity index (χ4n) is 3.54. The summed E-state index contributed by atoms with van der Waals surface area (Å²) in [5, 5.41) is 0.750. The highest BCUT2D eigenvalue weighted by Gasteiger charge is 2.38. The van der Waals surface area contributed by atoms with Crippen molar-refractivity contribution >= 4 is 40.7 Å². The van der Waals surface area contributed by atoms with Crippen LogP contribution in [0.1, 0.15) is 66.0 Å². The van der Waals surface area contributed by atoms with Gasteiger partial charge < -0.3 is 18.9 Å².